The number of hydrogen-bond donors (Lipinski definition) is 13. The fourth-order valence-corrected chi connectivity index (χ4v) is 6.56. The molecule has 0 spiro atoms. The molecule has 3 fully saturated rings. The van der Waals surface area contributed by atoms with Crippen LogP contribution >= 0.6 is 0 Å². The first-order valence-electron chi connectivity index (χ1n) is 17.2. The van der Waals surface area contributed by atoms with Crippen LogP contribution in [0.5, 0.6) is 5.88 Å². The number of aliphatic hydroxyl groups is 9. The van der Waals surface area contributed by atoms with E-state index in [1.165, 1.54) is 39.0 Å². The fourth-order valence-electron chi connectivity index (χ4n) is 6.56. The molecular formula is C30H37N13O15. The highest BCUT2D eigenvalue weighted by molar-refractivity contribution is 5.81. The number of imidazole rings is 3. The van der Waals surface area contributed by atoms with Gasteiger partial charge in [0.2, 0.25) is 5.88 Å². The minimum absolute atomic E-state index is 0.0256. The van der Waals surface area contributed by atoms with Crippen LogP contribution in [-0.4, -0.2) is 184 Å². The fraction of sp³-hybridized carbons (Fsp3) is 0.500. The van der Waals surface area contributed by atoms with Gasteiger partial charge in [-0.25, -0.2) is 34.7 Å². The van der Waals surface area contributed by atoms with E-state index in [1.807, 2.05) is 4.98 Å². The van der Waals surface area contributed by atoms with Crippen LogP contribution in [0.2, 0.25) is 0 Å². The van der Waals surface area contributed by atoms with E-state index in [4.69, 9.17) is 35.3 Å². The SMILES string of the molecule is Nc1ncnc2c1ncn2[C@@H]1O[C@H](CO)[C@@H](O)[C@H]1O.O=c1[nH]c(=O)c2ncn([C@@H]3O[C@H](CO)[C@@H](O)[C@H]3O)c2[nH]1.OC[C@H]1O[C@@H](n2cnc3c(O)ncnc32)[C@H](O)[C@@H]1O. The van der Waals surface area contributed by atoms with Crippen molar-refractivity contribution in [1.82, 2.24) is 58.6 Å². The van der Waals surface area contributed by atoms with Crippen molar-refractivity contribution in [3.63, 3.8) is 0 Å². The van der Waals surface area contributed by atoms with Gasteiger partial charge in [0.25, 0.3) is 5.56 Å². The maximum Gasteiger partial charge on any atom is 0.327 e. The second kappa shape index (κ2) is 16.3. The maximum absolute atomic E-state index is 11.6. The number of aliphatic hydroxyl groups excluding tert-OH is 9. The number of aromatic amines is 2. The molecule has 28 nitrogen and oxygen atoms in total. The number of H-pyrrole nitrogens is 2. The summed E-state index contributed by atoms with van der Waals surface area (Å²) in [4.78, 5) is 54.4. The Hall–Kier alpha value is -5.63. The molecule has 0 aliphatic carbocycles. The quantitative estimate of drug-likeness (QED) is 0.0742. The average Bonchev–Trinajstić information content (AvgIpc) is 4.07. The Balaban J connectivity index is 0.000000132. The zero-order chi connectivity index (χ0) is 41.6. The highest BCUT2D eigenvalue weighted by atomic mass is 16.6. The molecule has 0 amide bonds. The predicted octanol–water partition coefficient (Wildman–Crippen LogP) is -6.81. The van der Waals surface area contributed by atoms with Gasteiger partial charge in [0, 0.05) is 0 Å². The van der Waals surface area contributed by atoms with Gasteiger partial charge in [0.05, 0.1) is 38.8 Å². The normalized spacial score (nSPS) is 30.8. The Morgan fingerprint density at radius 1 is 0.569 bits per heavy atom. The van der Waals surface area contributed by atoms with Gasteiger partial charge in [0.15, 0.2) is 46.8 Å². The summed E-state index contributed by atoms with van der Waals surface area (Å²) in [5.74, 6) is -0.0639. The molecule has 9 heterocycles. The van der Waals surface area contributed by atoms with Gasteiger partial charge in [-0.3, -0.25) is 28.5 Å². The molecule has 58 heavy (non-hydrogen) atoms. The molecule has 0 saturated carbocycles. The lowest BCUT2D eigenvalue weighted by atomic mass is 10.1. The number of nitrogens with two attached hydrogens (primary N) is 1. The van der Waals surface area contributed by atoms with Gasteiger partial charge in [-0.2, -0.15) is 4.98 Å². The molecule has 0 radical (unpaired) electrons. The summed E-state index contributed by atoms with van der Waals surface area (Å²) in [6.45, 7) is -1.28. The van der Waals surface area contributed by atoms with Crippen molar-refractivity contribution < 1.29 is 65.3 Å². The maximum atomic E-state index is 11.6. The van der Waals surface area contributed by atoms with E-state index in [9.17, 15) is 45.3 Å². The molecule has 3 aliphatic heterocycles. The summed E-state index contributed by atoms with van der Waals surface area (Å²) in [5.41, 5.74) is 5.52. The second-order valence-electron chi connectivity index (χ2n) is 13.0. The molecule has 3 saturated heterocycles. The Bertz CT molecular complexity index is 2380. The largest absolute Gasteiger partial charge is 0.492 e. The van der Waals surface area contributed by atoms with E-state index in [0.29, 0.717) is 11.2 Å². The molecule has 0 aromatic carbocycles. The second-order valence-corrected chi connectivity index (χ2v) is 13.0. The summed E-state index contributed by atoms with van der Waals surface area (Å²) in [6, 6.07) is 0. The third-order valence-electron chi connectivity index (χ3n) is 9.57. The van der Waals surface area contributed by atoms with Gasteiger partial charge in [-0.1, -0.05) is 0 Å². The zero-order valence-corrected chi connectivity index (χ0v) is 29.5. The minimum atomic E-state index is -1.33. The van der Waals surface area contributed by atoms with E-state index in [-0.39, 0.29) is 34.0 Å². The topological polar surface area (TPSA) is 427 Å². The number of ether oxygens (including phenoxy) is 3. The van der Waals surface area contributed by atoms with Crippen LogP contribution in [0.15, 0.2) is 41.2 Å². The molecule has 6 aromatic heterocycles. The van der Waals surface area contributed by atoms with Gasteiger partial charge in [0.1, 0.15) is 78.8 Å². The lowest BCUT2D eigenvalue weighted by molar-refractivity contribution is -0.0511. The molecule has 9 rings (SSSR count). The summed E-state index contributed by atoms with van der Waals surface area (Å²) < 4.78 is 20.1. The lowest BCUT2D eigenvalue weighted by Crippen LogP contribution is -2.33. The Morgan fingerprint density at radius 3 is 1.50 bits per heavy atom. The molecule has 28 heteroatoms. The van der Waals surface area contributed by atoms with Crippen LogP contribution in [0.1, 0.15) is 18.7 Å². The summed E-state index contributed by atoms with van der Waals surface area (Å²) in [6.07, 6.45) is -6.64. The van der Waals surface area contributed by atoms with Crippen LogP contribution in [0.25, 0.3) is 33.5 Å². The van der Waals surface area contributed by atoms with E-state index < -0.39 is 105 Å². The molecule has 12 atom stereocenters. The number of fused-ring (bicyclic) bond motifs is 3. The number of nitrogen functional groups attached to an aromatic ring is 1. The summed E-state index contributed by atoms with van der Waals surface area (Å²) in [5, 5.41) is 95.6. The van der Waals surface area contributed by atoms with Crippen molar-refractivity contribution in [2.75, 3.05) is 25.6 Å². The number of anilines is 1. The number of nitrogens with zero attached hydrogens (tertiary/aromatic N) is 10. The summed E-state index contributed by atoms with van der Waals surface area (Å²) in [7, 11) is 0. The Kier molecular flexibility index (Phi) is 11.4. The lowest BCUT2D eigenvalue weighted by Gasteiger charge is -2.16. The summed E-state index contributed by atoms with van der Waals surface area (Å²) >= 11 is 0. The zero-order valence-electron chi connectivity index (χ0n) is 29.5. The standard InChI is InChI=1S/C10H13N5O4.C10H12N4O6.C10H12N4O5/c11-8-5-9(13-2-12-8)15(3-14-5)10-7(18)6(17)4(1-16)19-10;15-1-3-5(16)6(17)9(20-3)14-2-11-4-7(14)12-10(19)13-8(4)18;15-1-4-6(16)7(17)10(19-4)14-3-13-5-8(14)11-2-12-9(5)18/h2-4,6-7,10,16-18H,1H2,(H2,11,12,13);2-3,5-6,9,15-17H,1H2,(H2,12,13,18,19);2-4,6-7,10,15-17H,1H2,(H,11,12,18)/t4-,6-,7-,10-;3-,5-,6-,9-;4-,6-,7-,10-/m111/s1. The third kappa shape index (κ3) is 7.11. The number of aromatic nitrogens is 12. The van der Waals surface area contributed by atoms with Crippen molar-refractivity contribution in [3.8, 4) is 5.88 Å². The van der Waals surface area contributed by atoms with Crippen LogP contribution in [0.4, 0.5) is 5.82 Å². The van der Waals surface area contributed by atoms with Crippen LogP contribution in [0.3, 0.4) is 0 Å². The molecule has 6 aromatic rings. The first-order chi connectivity index (χ1) is 27.8. The number of hydrogen-bond acceptors (Lipinski definition) is 23. The Labute approximate surface area is 320 Å². The van der Waals surface area contributed by atoms with Gasteiger partial charge in [-0.05, 0) is 0 Å². The van der Waals surface area contributed by atoms with E-state index >= 15 is 0 Å². The highest BCUT2D eigenvalue weighted by Gasteiger charge is 2.46. The minimum Gasteiger partial charge on any atom is -0.492 e. The first kappa shape index (κ1) is 40.6. The van der Waals surface area contributed by atoms with E-state index in [2.05, 4.69) is 39.9 Å². The van der Waals surface area contributed by atoms with Gasteiger partial charge < -0.3 is 71.0 Å². The number of rotatable bonds is 6. The molecular weight excluding hydrogens is 782 g/mol. The molecule has 312 valence electrons. The van der Waals surface area contributed by atoms with Crippen LogP contribution < -0.4 is 17.0 Å². The van der Waals surface area contributed by atoms with Crippen molar-refractivity contribution in [1.29, 1.82) is 0 Å². The van der Waals surface area contributed by atoms with Gasteiger partial charge >= 0.3 is 5.69 Å². The van der Waals surface area contributed by atoms with Crippen LogP contribution in [-0.2, 0) is 14.2 Å². The molecule has 14 N–H and O–H groups in total. The third-order valence-corrected chi connectivity index (χ3v) is 9.57. The highest BCUT2D eigenvalue weighted by Crippen LogP contribution is 2.34. The van der Waals surface area contributed by atoms with Crippen molar-refractivity contribution >= 4 is 39.3 Å². The molecule has 3 aliphatic rings. The van der Waals surface area contributed by atoms with Crippen molar-refractivity contribution in [2.45, 2.75) is 73.6 Å². The average molecular weight is 820 g/mol. The van der Waals surface area contributed by atoms with Crippen molar-refractivity contribution in [2.24, 2.45) is 0 Å². The van der Waals surface area contributed by atoms with Crippen LogP contribution in [0, 0.1) is 0 Å². The van der Waals surface area contributed by atoms with Gasteiger partial charge in [-0.15, -0.1) is 0 Å². The predicted molar refractivity (Wildman–Crippen MR) is 187 cm³/mol. The first-order valence-corrected chi connectivity index (χ1v) is 17.2. The number of nitrogens with one attached hydrogen (secondary N) is 2. The molecule has 0 unspecified atom stereocenters. The smallest absolute Gasteiger partial charge is 0.327 e. The van der Waals surface area contributed by atoms with E-state index in [1.54, 1.807) is 0 Å². The van der Waals surface area contributed by atoms with E-state index in [0.717, 1.165) is 6.33 Å². The van der Waals surface area contributed by atoms with Crippen molar-refractivity contribution in [3.05, 3.63) is 52.5 Å². The molecule has 0 bridgehead atoms. The number of aromatic hydroxyl groups is 1. The monoisotopic (exact) mass is 819 g/mol. The Morgan fingerprint density at radius 2 is 1.00 bits per heavy atom.